The van der Waals surface area contributed by atoms with Crippen molar-refractivity contribution in [2.24, 2.45) is 0 Å². The SMILES string of the molecule is CCOC(=S)c1cc(Oc2ccc(Cl)c(C)c2F)ccc1[N+](=O)[O-]. The topological polar surface area (TPSA) is 61.6 Å². The molecule has 0 aliphatic rings. The molecule has 126 valence electrons. The van der Waals surface area contributed by atoms with Crippen molar-refractivity contribution < 1.29 is 18.8 Å². The van der Waals surface area contributed by atoms with Gasteiger partial charge in [-0.1, -0.05) is 11.6 Å². The summed E-state index contributed by atoms with van der Waals surface area (Å²) in [5.74, 6) is -0.452. The first kappa shape index (κ1) is 18.1. The van der Waals surface area contributed by atoms with Gasteiger partial charge in [0.1, 0.15) is 11.3 Å². The van der Waals surface area contributed by atoms with E-state index in [0.29, 0.717) is 0 Å². The number of hydrogen-bond acceptors (Lipinski definition) is 5. The highest BCUT2D eigenvalue weighted by molar-refractivity contribution is 7.80. The lowest BCUT2D eigenvalue weighted by Gasteiger charge is -2.11. The average molecular weight is 370 g/mol. The van der Waals surface area contributed by atoms with Crippen molar-refractivity contribution in [3.05, 3.63) is 62.4 Å². The second-order valence-corrected chi connectivity index (χ2v) is 5.52. The molecule has 0 heterocycles. The fourth-order valence-electron chi connectivity index (χ4n) is 1.95. The van der Waals surface area contributed by atoms with Crippen molar-refractivity contribution in [1.82, 2.24) is 0 Å². The third-order valence-electron chi connectivity index (χ3n) is 3.17. The van der Waals surface area contributed by atoms with Crippen LogP contribution in [0.25, 0.3) is 0 Å². The van der Waals surface area contributed by atoms with Gasteiger partial charge in [0.2, 0.25) is 0 Å². The quantitative estimate of drug-likeness (QED) is 0.412. The number of benzene rings is 2. The van der Waals surface area contributed by atoms with Gasteiger partial charge >= 0.3 is 0 Å². The fraction of sp³-hybridized carbons (Fsp3) is 0.188. The van der Waals surface area contributed by atoms with Gasteiger partial charge in [-0.3, -0.25) is 10.1 Å². The standard InChI is InChI=1S/C16H13ClFNO4S/c1-3-22-16(24)11-8-10(4-6-13(11)19(20)21)23-14-7-5-12(17)9(2)15(14)18/h4-8H,3H2,1-2H3. The molecule has 0 N–H and O–H groups in total. The van der Waals surface area contributed by atoms with E-state index in [1.165, 1.54) is 37.3 Å². The van der Waals surface area contributed by atoms with Crippen molar-refractivity contribution in [3.8, 4) is 11.5 Å². The fourth-order valence-corrected chi connectivity index (χ4v) is 2.38. The maximum absolute atomic E-state index is 14.2. The van der Waals surface area contributed by atoms with E-state index in [2.05, 4.69) is 0 Å². The van der Waals surface area contributed by atoms with Gasteiger partial charge in [0.05, 0.1) is 11.5 Å². The van der Waals surface area contributed by atoms with Crippen LogP contribution in [-0.4, -0.2) is 16.6 Å². The Morgan fingerprint density at radius 1 is 1.38 bits per heavy atom. The number of halogens is 2. The Labute approximate surface area is 148 Å². The summed E-state index contributed by atoms with van der Waals surface area (Å²) in [5.41, 5.74) is 0.134. The molecule has 5 nitrogen and oxygen atoms in total. The number of nitro benzene ring substituents is 1. The van der Waals surface area contributed by atoms with Crippen LogP contribution in [0.4, 0.5) is 10.1 Å². The van der Waals surface area contributed by atoms with E-state index in [1.54, 1.807) is 6.92 Å². The van der Waals surface area contributed by atoms with Crippen LogP contribution >= 0.6 is 23.8 Å². The molecule has 0 amide bonds. The first-order valence-corrected chi connectivity index (χ1v) is 7.71. The third kappa shape index (κ3) is 3.80. The monoisotopic (exact) mass is 369 g/mol. The van der Waals surface area contributed by atoms with E-state index in [9.17, 15) is 14.5 Å². The first-order valence-electron chi connectivity index (χ1n) is 6.93. The molecule has 0 spiro atoms. The zero-order valence-electron chi connectivity index (χ0n) is 12.8. The first-order chi connectivity index (χ1) is 11.3. The predicted octanol–water partition coefficient (Wildman–Crippen LogP) is 5.20. The predicted molar refractivity (Wildman–Crippen MR) is 92.6 cm³/mol. The van der Waals surface area contributed by atoms with Crippen LogP contribution in [0.3, 0.4) is 0 Å². The number of nitro groups is 1. The molecular formula is C16H13ClFNO4S. The summed E-state index contributed by atoms with van der Waals surface area (Å²) in [4.78, 5) is 10.5. The third-order valence-corrected chi connectivity index (χ3v) is 3.92. The Balaban J connectivity index is 2.42. The van der Waals surface area contributed by atoms with Gasteiger partial charge in [0.15, 0.2) is 16.6 Å². The van der Waals surface area contributed by atoms with Crippen LogP contribution in [0.15, 0.2) is 30.3 Å². The average Bonchev–Trinajstić information content (AvgIpc) is 2.55. The molecule has 2 aromatic rings. The summed E-state index contributed by atoms with van der Waals surface area (Å²) in [6.45, 7) is 3.51. The highest BCUT2D eigenvalue weighted by Crippen LogP contribution is 2.32. The second-order valence-electron chi connectivity index (χ2n) is 4.74. The van der Waals surface area contributed by atoms with Crippen LogP contribution in [0.5, 0.6) is 11.5 Å². The summed E-state index contributed by atoms with van der Waals surface area (Å²) >= 11 is 10.9. The molecule has 0 saturated heterocycles. The molecule has 0 atom stereocenters. The lowest BCUT2D eigenvalue weighted by Crippen LogP contribution is -2.07. The maximum atomic E-state index is 14.2. The van der Waals surface area contributed by atoms with Crippen molar-refractivity contribution >= 4 is 34.6 Å². The van der Waals surface area contributed by atoms with Crippen LogP contribution in [0, 0.1) is 22.9 Å². The lowest BCUT2D eigenvalue weighted by molar-refractivity contribution is -0.385. The molecule has 0 aliphatic carbocycles. The van der Waals surface area contributed by atoms with E-state index in [4.69, 9.17) is 33.3 Å². The molecule has 2 rings (SSSR count). The minimum Gasteiger partial charge on any atom is -0.483 e. The largest absolute Gasteiger partial charge is 0.483 e. The minimum absolute atomic E-state index is 0.0255. The molecule has 0 aliphatic heterocycles. The highest BCUT2D eigenvalue weighted by Gasteiger charge is 2.20. The van der Waals surface area contributed by atoms with Gasteiger partial charge in [0, 0.05) is 16.7 Å². The Morgan fingerprint density at radius 3 is 2.71 bits per heavy atom. The molecule has 0 saturated carbocycles. The van der Waals surface area contributed by atoms with Crippen molar-refractivity contribution in [2.45, 2.75) is 13.8 Å². The Hall–Kier alpha value is -2.25. The van der Waals surface area contributed by atoms with Gasteiger partial charge in [-0.2, -0.15) is 0 Å². The van der Waals surface area contributed by atoms with E-state index >= 15 is 0 Å². The molecule has 0 unspecified atom stereocenters. The molecule has 0 radical (unpaired) electrons. The summed E-state index contributed by atoms with van der Waals surface area (Å²) in [5, 5.41) is 11.4. The Bertz CT molecular complexity index is 813. The van der Waals surface area contributed by atoms with Gasteiger partial charge in [-0.25, -0.2) is 4.39 Å². The summed E-state index contributed by atoms with van der Waals surface area (Å²) in [6.07, 6.45) is 0. The van der Waals surface area contributed by atoms with Gasteiger partial charge < -0.3 is 9.47 Å². The molecule has 2 aromatic carbocycles. The zero-order valence-corrected chi connectivity index (χ0v) is 14.4. The van der Waals surface area contributed by atoms with Crippen molar-refractivity contribution in [2.75, 3.05) is 6.61 Å². The van der Waals surface area contributed by atoms with Gasteiger partial charge in [0.25, 0.3) is 5.69 Å². The van der Waals surface area contributed by atoms with E-state index in [1.807, 2.05) is 0 Å². The zero-order chi connectivity index (χ0) is 17.9. The normalized spacial score (nSPS) is 10.3. The Kier molecular flexibility index (Phi) is 5.69. The van der Waals surface area contributed by atoms with Crippen molar-refractivity contribution in [3.63, 3.8) is 0 Å². The molecular weight excluding hydrogens is 357 g/mol. The van der Waals surface area contributed by atoms with Crippen LogP contribution in [0.1, 0.15) is 18.1 Å². The van der Waals surface area contributed by atoms with Crippen molar-refractivity contribution in [1.29, 1.82) is 0 Å². The number of thiocarbonyl (C=S) groups is 1. The van der Waals surface area contributed by atoms with E-state index < -0.39 is 10.7 Å². The van der Waals surface area contributed by atoms with Crippen LogP contribution < -0.4 is 4.74 Å². The van der Waals surface area contributed by atoms with Gasteiger partial charge in [-0.05, 0) is 50.3 Å². The number of nitrogens with zero attached hydrogens (tertiary/aromatic N) is 1. The summed E-state index contributed by atoms with van der Waals surface area (Å²) in [6, 6.07) is 6.83. The number of ether oxygens (including phenoxy) is 2. The summed E-state index contributed by atoms with van der Waals surface area (Å²) < 4.78 is 24.8. The highest BCUT2D eigenvalue weighted by atomic mass is 35.5. The Morgan fingerprint density at radius 2 is 2.08 bits per heavy atom. The number of hydrogen-bond donors (Lipinski definition) is 0. The molecule has 8 heteroatoms. The van der Waals surface area contributed by atoms with Crippen LogP contribution in [-0.2, 0) is 4.74 Å². The van der Waals surface area contributed by atoms with Crippen LogP contribution in [0.2, 0.25) is 5.02 Å². The smallest absolute Gasteiger partial charge is 0.281 e. The maximum Gasteiger partial charge on any atom is 0.281 e. The second kappa shape index (κ2) is 7.55. The molecule has 24 heavy (non-hydrogen) atoms. The molecule has 0 fully saturated rings. The summed E-state index contributed by atoms with van der Waals surface area (Å²) in [7, 11) is 0. The lowest BCUT2D eigenvalue weighted by atomic mass is 10.1. The molecule has 0 aromatic heterocycles. The molecule has 0 bridgehead atoms. The van der Waals surface area contributed by atoms with Gasteiger partial charge in [-0.15, -0.1) is 0 Å². The minimum atomic E-state index is -0.602. The number of rotatable bonds is 5. The van der Waals surface area contributed by atoms with E-state index in [0.717, 1.165) is 0 Å². The van der Waals surface area contributed by atoms with E-state index in [-0.39, 0.29) is 45.0 Å².